The molecule has 0 aliphatic carbocycles. The van der Waals surface area contributed by atoms with Crippen molar-refractivity contribution in [1.29, 1.82) is 0 Å². The number of hydrogen-bond donors (Lipinski definition) is 1. The number of aromatic nitrogens is 4. The predicted octanol–water partition coefficient (Wildman–Crippen LogP) is 2.64. The summed E-state index contributed by atoms with van der Waals surface area (Å²) in [5.74, 6) is -0.673. The Morgan fingerprint density at radius 2 is 2.00 bits per heavy atom. The first kappa shape index (κ1) is 14.4. The molecule has 0 saturated carbocycles. The van der Waals surface area contributed by atoms with E-state index in [0.717, 1.165) is 18.9 Å². The Morgan fingerprint density at radius 1 is 1.25 bits per heavy atom. The van der Waals surface area contributed by atoms with Gasteiger partial charge in [0.25, 0.3) is 0 Å². The third kappa shape index (κ3) is 3.09. The number of aryl methyl sites for hydroxylation is 1. The average Bonchev–Trinajstić information content (AvgIpc) is 2.81. The molecular weight excluding hydrogens is 264 g/mol. The van der Waals surface area contributed by atoms with Gasteiger partial charge in [0.15, 0.2) is 5.82 Å². The summed E-state index contributed by atoms with van der Waals surface area (Å²) in [4.78, 5) is 0. The molecule has 1 heterocycles. The quantitative estimate of drug-likeness (QED) is 0.855. The number of nitrogens with two attached hydrogens (primary N) is 1. The Kier molecular flexibility index (Phi) is 4.26. The van der Waals surface area contributed by atoms with Gasteiger partial charge < -0.3 is 5.73 Å². The van der Waals surface area contributed by atoms with Crippen molar-refractivity contribution >= 4 is 5.69 Å². The van der Waals surface area contributed by atoms with Crippen LogP contribution in [0.5, 0.6) is 0 Å². The summed E-state index contributed by atoms with van der Waals surface area (Å²) < 4.78 is 28.5. The zero-order valence-corrected chi connectivity index (χ0v) is 11.5. The lowest BCUT2D eigenvalue weighted by Gasteiger charge is -2.08. The molecule has 0 aliphatic heterocycles. The highest BCUT2D eigenvalue weighted by Gasteiger charge is 2.16. The zero-order chi connectivity index (χ0) is 14.7. The maximum Gasteiger partial charge on any atom is 0.185 e. The summed E-state index contributed by atoms with van der Waals surface area (Å²) in [5.41, 5.74) is 5.45. The fourth-order valence-electron chi connectivity index (χ4n) is 1.93. The maximum atomic E-state index is 13.8. The first-order valence-electron chi connectivity index (χ1n) is 6.50. The Bertz CT molecular complexity index is 594. The third-order valence-corrected chi connectivity index (χ3v) is 3.01. The van der Waals surface area contributed by atoms with Crippen LogP contribution in [0.25, 0.3) is 11.4 Å². The lowest BCUT2D eigenvalue weighted by atomic mass is 10.1. The molecule has 1 aromatic carbocycles. The van der Waals surface area contributed by atoms with Crippen LogP contribution in [0.15, 0.2) is 12.1 Å². The Hall–Kier alpha value is -2.05. The lowest BCUT2D eigenvalue weighted by Crippen LogP contribution is -2.06. The van der Waals surface area contributed by atoms with E-state index < -0.39 is 11.6 Å². The standard InChI is InChI=1S/C13H17F2N5/c1-8(2)4-3-5-20-13(17-18-19-20)9-6-12(16)11(15)7-10(9)14/h6-8H,3-5,16H2,1-2H3. The minimum absolute atomic E-state index is 0.110. The summed E-state index contributed by atoms with van der Waals surface area (Å²) in [6.45, 7) is 4.83. The Labute approximate surface area is 115 Å². The third-order valence-electron chi connectivity index (χ3n) is 3.01. The molecule has 7 heteroatoms. The molecule has 2 N–H and O–H groups in total. The number of hydrogen-bond acceptors (Lipinski definition) is 4. The van der Waals surface area contributed by atoms with Crippen molar-refractivity contribution in [2.24, 2.45) is 5.92 Å². The van der Waals surface area contributed by atoms with Gasteiger partial charge in [-0.3, -0.25) is 0 Å². The first-order valence-corrected chi connectivity index (χ1v) is 6.50. The maximum absolute atomic E-state index is 13.8. The fourth-order valence-corrected chi connectivity index (χ4v) is 1.93. The van der Waals surface area contributed by atoms with Crippen molar-refractivity contribution in [3.63, 3.8) is 0 Å². The van der Waals surface area contributed by atoms with Crippen molar-refractivity contribution in [2.45, 2.75) is 33.2 Å². The van der Waals surface area contributed by atoms with Crippen LogP contribution < -0.4 is 5.73 Å². The highest BCUT2D eigenvalue weighted by molar-refractivity contribution is 5.62. The van der Waals surface area contributed by atoms with E-state index in [1.165, 1.54) is 10.7 Å². The van der Waals surface area contributed by atoms with Crippen LogP contribution in [0.2, 0.25) is 0 Å². The molecule has 0 spiro atoms. The second-order valence-electron chi connectivity index (χ2n) is 5.12. The van der Waals surface area contributed by atoms with Gasteiger partial charge in [-0.15, -0.1) is 5.10 Å². The number of anilines is 1. The van der Waals surface area contributed by atoms with Gasteiger partial charge >= 0.3 is 0 Å². The van der Waals surface area contributed by atoms with E-state index >= 15 is 0 Å². The molecule has 0 saturated heterocycles. The van der Waals surface area contributed by atoms with E-state index in [9.17, 15) is 8.78 Å². The van der Waals surface area contributed by atoms with E-state index in [2.05, 4.69) is 29.4 Å². The molecule has 20 heavy (non-hydrogen) atoms. The van der Waals surface area contributed by atoms with Gasteiger partial charge in [-0.25, -0.2) is 13.5 Å². The van der Waals surface area contributed by atoms with Crippen molar-refractivity contribution in [3.05, 3.63) is 23.8 Å². The molecule has 2 aromatic rings. The van der Waals surface area contributed by atoms with Crippen LogP contribution >= 0.6 is 0 Å². The van der Waals surface area contributed by atoms with Crippen LogP contribution in [0, 0.1) is 17.6 Å². The van der Waals surface area contributed by atoms with Gasteiger partial charge in [-0.2, -0.15) is 0 Å². The zero-order valence-electron chi connectivity index (χ0n) is 11.5. The van der Waals surface area contributed by atoms with Gasteiger partial charge in [0.1, 0.15) is 11.6 Å². The summed E-state index contributed by atoms with van der Waals surface area (Å²) in [5, 5.41) is 11.2. The van der Waals surface area contributed by atoms with Crippen molar-refractivity contribution in [2.75, 3.05) is 5.73 Å². The van der Waals surface area contributed by atoms with Crippen LogP contribution in [0.1, 0.15) is 26.7 Å². The molecular formula is C13H17F2N5. The smallest absolute Gasteiger partial charge is 0.185 e. The minimum Gasteiger partial charge on any atom is -0.396 e. The van der Waals surface area contributed by atoms with E-state index in [1.807, 2.05) is 0 Å². The lowest BCUT2D eigenvalue weighted by molar-refractivity contribution is 0.484. The first-order chi connectivity index (χ1) is 9.49. The Morgan fingerprint density at radius 3 is 2.70 bits per heavy atom. The number of tetrazole rings is 1. The van der Waals surface area contributed by atoms with Crippen LogP contribution in [-0.2, 0) is 6.54 Å². The van der Waals surface area contributed by atoms with Gasteiger partial charge in [0.2, 0.25) is 0 Å². The highest BCUT2D eigenvalue weighted by atomic mass is 19.1. The van der Waals surface area contributed by atoms with Gasteiger partial charge in [-0.05, 0) is 35.3 Å². The van der Waals surface area contributed by atoms with Gasteiger partial charge in [0, 0.05) is 12.6 Å². The molecule has 0 radical (unpaired) electrons. The molecule has 1 aromatic heterocycles. The van der Waals surface area contributed by atoms with Crippen LogP contribution in [0.4, 0.5) is 14.5 Å². The van der Waals surface area contributed by atoms with Crippen molar-refractivity contribution in [1.82, 2.24) is 20.2 Å². The minimum atomic E-state index is -0.787. The summed E-state index contributed by atoms with van der Waals surface area (Å²) >= 11 is 0. The van der Waals surface area contributed by atoms with Crippen LogP contribution in [0.3, 0.4) is 0 Å². The normalized spacial score (nSPS) is 11.2. The van der Waals surface area contributed by atoms with Gasteiger partial charge in [0.05, 0.1) is 11.3 Å². The molecule has 0 bridgehead atoms. The highest BCUT2D eigenvalue weighted by Crippen LogP contribution is 2.25. The van der Waals surface area contributed by atoms with Gasteiger partial charge in [-0.1, -0.05) is 13.8 Å². The summed E-state index contributed by atoms with van der Waals surface area (Å²) in [6.07, 6.45) is 1.90. The predicted molar refractivity (Wildman–Crippen MR) is 71.7 cm³/mol. The number of benzene rings is 1. The topological polar surface area (TPSA) is 69.6 Å². The monoisotopic (exact) mass is 281 g/mol. The van der Waals surface area contributed by atoms with Crippen molar-refractivity contribution < 1.29 is 8.78 Å². The summed E-state index contributed by atoms with van der Waals surface area (Å²) in [6, 6.07) is 1.97. The second-order valence-corrected chi connectivity index (χ2v) is 5.12. The number of nitrogen functional groups attached to an aromatic ring is 1. The number of rotatable bonds is 5. The number of nitrogens with zero attached hydrogens (tertiary/aromatic N) is 4. The molecule has 0 atom stereocenters. The molecule has 0 unspecified atom stereocenters. The average molecular weight is 281 g/mol. The molecule has 0 aliphatic rings. The van der Waals surface area contributed by atoms with E-state index in [-0.39, 0.29) is 17.1 Å². The second kappa shape index (κ2) is 5.94. The van der Waals surface area contributed by atoms with E-state index in [1.54, 1.807) is 0 Å². The molecule has 108 valence electrons. The molecule has 5 nitrogen and oxygen atoms in total. The largest absolute Gasteiger partial charge is 0.396 e. The van der Waals surface area contributed by atoms with Crippen molar-refractivity contribution in [3.8, 4) is 11.4 Å². The van der Waals surface area contributed by atoms with E-state index in [0.29, 0.717) is 12.5 Å². The summed E-state index contributed by atoms with van der Waals surface area (Å²) in [7, 11) is 0. The number of halogens is 2. The molecule has 0 fully saturated rings. The SMILES string of the molecule is CC(C)CCCn1nnnc1-c1cc(N)c(F)cc1F. The molecule has 2 rings (SSSR count). The van der Waals surface area contributed by atoms with E-state index in [4.69, 9.17) is 5.73 Å². The fraction of sp³-hybridized carbons (Fsp3) is 0.462. The van der Waals surface area contributed by atoms with Crippen LogP contribution in [-0.4, -0.2) is 20.2 Å². The molecule has 0 amide bonds. The Balaban J connectivity index is 2.25.